The van der Waals surface area contributed by atoms with Crippen LogP contribution < -0.4 is 5.32 Å². The average Bonchev–Trinajstić information content (AvgIpc) is 2.94. The number of nitrogens with one attached hydrogen (secondary N) is 1. The number of hydrogen-bond acceptors (Lipinski definition) is 4. The highest BCUT2D eigenvalue weighted by Gasteiger charge is 2.13. The van der Waals surface area contributed by atoms with Crippen LogP contribution in [0, 0.1) is 0 Å². The quantitative estimate of drug-likeness (QED) is 0.647. The van der Waals surface area contributed by atoms with Crippen molar-refractivity contribution in [2.24, 2.45) is 0 Å². The summed E-state index contributed by atoms with van der Waals surface area (Å²) in [6.07, 6.45) is 2.34. The van der Waals surface area contributed by atoms with E-state index >= 15 is 0 Å². The number of rotatable bonds is 5. The molecule has 0 atom stereocenters. The molecular formula is C14H10BrNO4. The summed E-state index contributed by atoms with van der Waals surface area (Å²) in [4.78, 5) is 22.9. The van der Waals surface area contributed by atoms with Crippen LogP contribution in [-0.2, 0) is 4.79 Å². The number of ketones is 1. The van der Waals surface area contributed by atoms with E-state index in [2.05, 4.69) is 21.2 Å². The lowest BCUT2D eigenvalue weighted by atomic mass is 10.2. The van der Waals surface area contributed by atoms with Crippen molar-refractivity contribution in [1.82, 2.24) is 0 Å². The number of allylic oxidation sites excluding steroid dienone is 1. The molecule has 0 aliphatic rings. The van der Waals surface area contributed by atoms with E-state index in [4.69, 9.17) is 9.52 Å². The van der Waals surface area contributed by atoms with Gasteiger partial charge in [0.05, 0.1) is 6.26 Å². The number of anilines is 1. The molecule has 102 valence electrons. The van der Waals surface area contributed by atoms with Gasteiger partial charge in [0.1, 0.15) is 5.70 Å². The first-order valence-corrected chi connectivity index (χ1v) is 6.41. The van der Waals surface area contributed by atoms with Crippen molar-refractivity contribution in [2.45, 2.75) is 0 Å². The van der Waals surface area contributed by atoms with Crippen LogP contribution in [0.25, 0.3) is 0 Å². The van der Waals surface area contributed by atoms with E-state index in [0.717, 1.165) is 10.5 Å². The highest BCUT2D eigenvalue weighted by molar-refractivity contribution is 9.10. The molecule has 2 rings (SSSR count). The van der Waals surface area contributed by atoms with Crippen LogP contribution >= 0.6 is 15.9 Å². The molecule has 0 unspecified atom stereocenters. The Kier molecular flexibility index (Phi) is 4.37. The Morgan fingerprint density at radius 2 is 1.90 bits per heavy atom. The second-order valence-corrected chi connectivity index (χ2v) is 4.75. The predicted octanol–water partition coefficient (Wildman–Crippen LogP) is 3.31. The summed E-state index contributed by atoms with van der Waals surface area (Å²) in [7, 11) is 0. The minimum Gasteiger partial charge on any atom is -0.477 e. The molecule has 1 aromatic heterocycles. The Hall–Kier alpha value is -2.34. The zero-order chi connectivity index (χ0) is 14.5. The lowest BCUT2D eigenvalue weighted by Crippen LogP contribution is -2.12. The van der Waals surface area contributed by atoms with Crippen LogP contribution in [0.5, 0.6) is 0 Å². The van der Waals surface area contributed by atoms with Crippen LogP contribution in [0.3, 0.4) is 0 Å². The molecule has 0 spiro atoms. The van der Waals surface area contributed by atoms with Crippen molar-refractivity contribution < 1.29 is 19.1 Å². The van der Waals surface area contributed by atoms with E-state index in [1.54, 1.807) is 30.3 Å². The molecule has 5 nitrogen and oxygen atoms in total. The summed E-state index contributed by atoms with van der Waals surface area (Å²) in [5, 5.41) is 11.8. The zero-order valence-electron chi connectivity index (χ0n) is 10.2. The molecule has 0 aliphatic heterocycles. The van der Waals surface area contributed by atoms with Gasteiger partial charge in [-0.2, -0.15) is 0 Å². The van der Waals surface area contributed by atoms with Crippen LogP contribution in [-0.4, -0.2) is 16.9 Å². The van der Waals surface area contributed by atoms with Crippen LogP contribution in [0.2, 0.25) is 0 Å². The van der Waals surface area contributed by atoms with E-state index < -0.39 is 11.8 Å². The van der Waals surface area contributed by atoms with E-state index in [1.807, 2.05) is 0 Å². The van der Waals surface area contributed by atoms with Crippen LogP contribution in [0.4, 0.5) is 5.69 Å². The SMILES string of the molecule is O=C(O)/C(=C/C(=O)c1ccco1)Nc1ccc(Br)cc1. The second kappa shape index (κ2) is 6.21. The molecule has 0 amide bonds. The zero-order valence-corrected chi connectivity index (χ0v) is 11.8. The van der Waals surface area contributed by atoms with Gasteiger partial charge in [-0.05, 0) is 36.4 Å². The minimum atomic E-state index is -1.23. The lowest BCUT2D eigenvalue weighted by molar-refractivity contribution is -0.132. The number of carbonyl (C=O) groups is 2. The number of carboxylic acid groups (broad SMARTS) is 1. The number of furan rings is 1. The highest BCUT2D eigenvalue weighted by Crippen LogP contribution is 2.16. The summed E-state index contributed by atoms with van der Waals surface area (Å²) in [5.74, 6) is -1.66. The van der Waals surface area contributed by atoms with Crippen molar-refractivity contribution in [1.29, 1.82) is 0 Å². The second-order valence-electron chi connectivity index (χ2n) is 3.84. The fourth-order valence-electron chi connectivity index (χ4n) is 1.46. The van der Waals surface area contributed by atoms with Gasteiger partial charge >= 0.3 is 5.97 Å². The Labute approximate surface area is 123 Å². The standard InChI is InChI=1S/C14H10BrNO4/c15-9-3-5-10(6-4-9)16-11(14(18)19)8-12(17)13-2-1-7-20-13/h1-8,16H,(H,18,19)/b11-8-. The molecule has 0 saturated carbocycles. The largest absolute Gasteiger partial charge is 0.477 e. The molecule has 1 aromatic carbocycles. The Bertz CT molecular complexity index is 644. The third kappa shape index (κ3) is 3.58. The third-order valence-corrected chi connectivity index (χ3v) is 2.92. The van der Waals surface area contributed by atoms with Crippen molar-refractivity contribution in [3.8, 4) is 0 Å². The van der Waals surface area contributed by atoms with Gasteiger partial charge in [-0.25, -0.2) is 4.79 Å². The Morgan fingerprint density at radius 1 is 1.20 bits per heavy atom. The molecule has 6 heteroatoms. The smallest absolute Gasteiger partial charge is 0.352 e. The van der Waals surface area contributed by atoms with Gasteiger partial charge in [0, 0.05) is 16.2 Å². The van der Waals surface area contributed by atoms with Crippen molar-refractivity contribution in [3.63, 3.8) is 0 Å². The monoisotopic (exact) mass is 335 g/mol. The molecular weight excluding hydrogens is 326 g/mol. The molecule has 0 bridgehead atoms. The first-order valence-electron chi connectivity index (χ1n) is 5.61. The fraction of sp³-hybridized carbons (Fsp3) is 0. The molecule has 2 N–H and O–H groups in total. The molecule has 0 aliphatic carbocycles. The van der Waals surface area contributed by atoms with E-state index in [-0.39, 0.29) is 11.5 Å². The maximum Gasteiger partial charge on any atom is 0.352 e. The molecule has 2 aromatic rings. The number of carboxylic acids is 1. The molecule has 0 radical (unpaired) electrons. The van der Waals surface area contributed by atoms with E-state index in [1.165, 1.54) is 12.3 Å². The van der Waals surface area contributed by atoms with Gasteiger partial charge in [-0.3, -0.25) is 4.79 Å². The van der Waals surface area contributed by atoms with Gasteiger partial charge in [-0.1, -0.05) is 15.9 Å². The van der Waals surface area contributed by atoms with Gasteiger partial charge in [0.2, 0.25) is 5.78 Å². The average molecular weight is 336 g/mol. The number of halogens is 1. The van der Waals surface area contributed by atoms with E-state index in [9.17, 15) is 9.59 Å². The topological polar surface area (TPSA) is 79.5 Å². The number of hydrogen-bond donors (Lipinski definition) is 2. The maximum atomic E-state index is 11.8. The number of benzene rings is 1. The van der Waals surface area contributed by atoms with Gasteiger partial charge in [0.25, 0.3) is 0 Å². The first kappa shape index (κ1) is 14.1. The van der Waals surface area contributed by atoms with Gasteiger partial charge < -0.3 is 14.8 Å². The molecule has 20 heavy (non-hydrogen) atoms. The lowest BCUT2D eigenvalue weighted by Gasteiger charge is -2.06. The first-order chi connectivity index (χ1) is 9.56. The van der Waals surface area contributed by atoms with E-state index in [0.29, 0.717) is 5.69 Å². The maximum absolute atomic E-state index is 11.8. The van der Waals surface area contributed by atoms with Gasteiger partial charge in [0.15, 0.2) is 5.76 Å². The molecule has 0 fully saturated rings. The normalized spacial score (nSPS) is 11.2. The Balaban J connectivity index is 2.21. The molecule has 0 saturated heterocycles. The minimum absolute atomic E-state index is 0.0846. The summed E-state index contributed by atoms with van der Waals surface area (Å²) in [5.41, 5.74) is 0.336. The summed E-state index contributed by atoms with van der Waals surface area (Å²) < 4.78 is 5.79. The van der Waals surface area contributed by atoms with Crippen molar-refractivity contribution in [2.75, 3.05) is 5.32 Å². The fourth-order valence-corrected chi connectivity index (χ4v) is 1.73. The third-order valence-electron chi connectivity index (χ3n) is 2.39. The number of aliphatic carboxylic acids is 1. The van der Waals surface area contributed by atoms with Crippen molar-refractivity contribution >= 4 is 33.4 Å². The van der Waals surface area contributed by atoms with Crippen LogP contribution in [0.15, 0.2) is 63.3 Å². The van der Waals surface area contributed by atoms with Gasteiger partial charge in [-0.15, -0.1) is 0 Å². The number of carbonyl (C=O) groups excluding carboxylic acids is 1. The van der Waals surface area contributed by atoms with Crippen molar-refractivity contribution in [3.05, 3.63) is 64.7 Å². The summed E-state index contributed by atoms with van der Waals surface area (Å²) in [6, 6.07) is 9.93. The summed E-state index contributed by atoms with van der Waals surface area (Å²) in [6.45, 7) is 0. The highest BCUT2D eigenvalue weighted by atomic mass is 79.9. The molecule has 1 heterocycles. The van der Waals surface area contributed by atoms with Crippen LogP contribution in [0.1, 0.15) is 10.6 Å². The predicted molar refractivity (Wildman–Crippen MR) is 76.5 cm³/mol. The summed E-state index contributed by atoms with van der Waals surface area (Å²) >= 11 is 3.28. The Morgan fingerprint density at radius 3 is 2.45 bits per heavy atom.